The normalized spacial score (nSPS) is 16.7. The molecule has 1 aromatic carbocycles. The number of primary amides is 1. The van der Waals surface area contributed by atoms with Crippen molar-refractivity contribution in [3.63, 3.8) is 0 Å². The third-order valence-electron chi connectivity index (χ3n) is 1.86. The van der Waals surface area contributed by atoms with Gasteiger partial charge in [-0.1, -0.05) is 18.2 Å². The summed E-state index contributed by atoms with van der Waals surface area (Å²) in [5.74, 6) is 0.777. The van der Waals surface area contributed by atoms with Crippen LogP contribution in [0.4, 0.5) is 4.79 Å². The number of urea groups is 1. The second-order valence-corrected chi connectivity index (χ2v) is 3.84. The molecule has 0 aliphatic carbocycles. The van der Waals surface area contributed by atoms with Crippen LogP contribution in [0.3, 0.4) is 0 Å². The van der Waals surface area contributed by atoms with Crippen LogP contribution < -0.4 is 11.2 Å². The van der Waals surface area contributed by atoms with Crippen LogP contribution in [0.2, 0.25) is 0 Å². The van der Waals surface area contributed by atoms with Gasteiger partial charge in [-0.05, 0) is 6.07 Å². The van der Waals surface area contributed by atoms with Gasteiger partial charge in [0.2, 0.25) is 0 Å². The molecule has 0 saturated heterocycles. The van der Waals surface area contributed by atoms with Gasteiger partial charge in [0.05, 0.1) is 5.71 Å². The van der Waals surface area contributed by atoms with Crippen LogP contribution in [-0.2, 0) is 0 Å². The van der Waals surface area contributed by atoms with Gasteiger partial charge >= 0.3 is 6.03 Å². The van der Waals surface area contributed by atoms with Gasteiger partial charge in [0.15, 0.2) is 0 Å². The number of hydrogen-bond acceptors (Lipinski definition) is 3. The van der Waals surface area contributed by atoms with Gasteiger partial charge in [-0.15, -0.1) is 11.8 Å². The molecule has 0 spiro atoms. The predicted molar refractivity (Wildman–Crippen MR) is 56.4 cm³/mol. The molecular formula is C9H9N3OS. The lowest BCUT2D eigenvalue weighted by molar-refractivity contribution is 0.249. The fourth-order valence-corrected chi connectivity index (χ4v) is 2.30. The molecule has 14 heavy (non-hydrogen) atoms. The molecule has 0 aromatic heterocycles. The largest absolute Gasteiger partial charge is 0.350 e. The first kappa shape index (κ1) is 9.08. The average Bonchev–Trinajstić information content (AvgIpc) is 2.58. The number of nitrogens with zero attached hydrogens (tertiary/aromatic N) is 1. The van der Waals surface area contributed by atoms with E-state index in [4.69, 9.17) is 5.73 Å². The third-order valence-corrected chi connectivity index (χ3v) is 2.95. The number of carbonyl (C=O) groups excluding carboxylic acids is 1. The maximum atomic E-state index is 10.5. The number of thioether (sulfide) groups is 1. The lowest BCUT2D eigenvalue weighted by Crippen LogP contribution is -2.26. The maximum absolute atomic E-state index is 10.5. The van der Waals surface area contributed by atoms with E-state index in [1.165, 1.54) is 4.90 Å². The third kappa shape index (κ3) is 1.72. The molecule has 0 unspecified atom stereocenters. The quantitative estimate of drug-likeness (QED) is 0.679. The highest BCUT2D eigenvalue weighted by Gasteiger charge is 2.17. The smallest absolute Gasteiger partial charge is 0.332 e. The van der Waals surface area contributed by atoms with Crippen molar-refractivity contribution in [2.24, 2.45) is 10.8 Å². The molecule has 2 rings (SSSR count). The topological polar surface area (TPSA) is 67.5 Å². The van der Waals surface area contributed by atoms with Gasteiger partial charge in [0.25, 0.3) is 0 Å². The average molecular weight is 207 g/mol. The second-order valence-electron chi connectivity index (χ2n) is 2.82. The van der Waals surface area contributed by atoms with Crippen LogP contribution in [0.1, 0.15) is 5.56 Å². The minimum atomic E-state index is -0.633. The number of rotatable bonds is 1. The molecule has 1 aromatic rings. The molecule has 0 fully saturated rings. The van der Waals surface area contributed by atoms with E-state index in [0.717, 1.165) is 17.0 Å². The molecule has 1 aliphatic heterocycles. The van der Waals surface area contributed by atoms with Crippen molar-refractivity contribution in [1.29, 1.82) is 0 Å². The van der Waals surface area contributed by atoms with Crippen LogP contribution in [0.25, 0.3) is 0 Å². The fourth-order valence-electron chi connectivity index (χ4n) is 1.27. The number of fused-ring (bicyclic) bond motifs is 1. The summed E-state index contributed by atoms with van der Waals surface area (Å²) in [6, 6.07) is 7.32. The van der Waals surface area contributed by atoms with Gasteiger partial charge in [0, 0.05) is 16.2 Å². The second kappa shape index (κ2) is 3.71. The van der Waals surface area contributed by atoms with Crippen LogP contribution in [0, 0.1) is 0 Å². The van der Waals surface area contributed by atoms with Gasteiger partial charge in [0.1, 0.15) is 0 Å². The lowest BCUT2D eigenvalue weighted by Gasteiger charge is -1.97. The molecule has 5 heteroatoms. The van der Waals surface area contributed by atoms with Crippen molar-refractivity contribution in [3.05, 3.63) is 29.8 Å². The Bertz CT molecular complexity index is 403. The summed E-state index contributed by atoms with van der Waals surface area (Å²) in [6.45, 7) is 0. The van der Waals surface area contributed by atoms with E-state index in [0.29, 0.717) is 0 Å². The molecule has 3 N–H and O–H groups in total. The number of amides is 2. The number of hydrazone groups is 1. The molecule has 4 nitrogen and oxygen atoms in total. The van der Waals surface area contributed by atoms with Crippen LogP contribution in [0.5, 0.6) is 0 Å². The Balaban J connectivity index is 2.26. The van der Waals surface area contributed by atoms with Crippen molar-refractivity contribution in [2.45, 2.75) is 4.90 Å². The number of hydrogen-bond donors (Lipinski definition) is 2. The highest BCUT2D eigenvalue weighted by Crippen LogP contribution is 2.30. The summed E-state index contributed by atoms with van der Waals surface area (Å²) in [4.78, 5) is 11.7. The summed E-state index contributed by atoms with van der Waals surface area (Å²) in [7, 11) is 0. The Morgan fingerprint density at radius 2 is 2.29 bits per heavy atom. The van der Waals surface area contributed by atoms with Crippen LogP contribution >= 0.6 is 11.8 Å². The molecule has 0 saturated carbocycles. The van der Waals surface area contributed by atoms with E-state index in [2.05, 4.69) is 10.5 Å². The van der Waals surface area contributed by atoms with Crippen molar-refractivity contribution in [2.75, 3.05) is 5.75 Å². The zero-order chi connectivity index (χ0) is 9.97. The first-order valence-electron chi connectivity index (χ1n) is 4.11. The minimum Gasteiger partial charge on any atom is -0.350 e. The van der Waals surface area contributed by atoms with E-state index < -0.39 is 6.03 Å². The Kier molecular flexibility index (Phi) is 2.41. The Labute approximate surface area is 85.6 Å². The van der Waals surface area contributed by atoms with Gasteiger partial charge in [-0.3, -0.25) is 0 Å². The van der Waals surface area contributed by atoms with Crippen molar-refractivity contribution < 1.29 is 4.79 Å². The zero-order valence-electron chi connectivity index (χ0n) is 7.36. The van der Waals surface area contributed by atoms with E-state index in [1.54, 1.807) is 11.8 Å². The Hall–Kier alpha value is -1.49. The SMILES string of the molecule is NC(=O)N/N=C1/CSc2ccccc21. The molecule has 1 heterocycles. The zero-order valence-corrected chi connectivity index (χ0v) is 8.17. The summed E-state index contributed by atoms with van der Waals surface area (Å²) in [5, 5.41) is 3.94. The molecule has 0 bridgehead atoms. The van der Waals surface area contributed by atoms with Gasteiger partial charge < -0.3 is 5.73 Å². The summed E-state index contributed by atoms with van der Waals surface area (Å²) >= 11 is 1.70. The fraction of sp³-hybridized carbons (Fsp3) is 0.111. The van der Waals surface area contributed by atoms with Gasteiger partial charge in [-0.2, -0.15) is 5.10 Å². The molecule has 72 valence electrons. The van der Waals surface area contributed by atoms with E-state index in [9.17, 15) is 4.79 Å². The molecule has 1 aliphatic rings. The Morgan fingerprint density at radius 1 is 1.50 bits per heavy atom. The number of benzene rings is 1. The maximum Gasteiger partial charge on any atom is 0.332 e. The first-order chi connectivity index (χ1) is 6.77. The van der Waals surface area contributed by atoms with Crippen LogP contribution in [-0.4, -0.2) is 17.5 Å². The summed E-state index contributed by atoms with van der Waals surface area (Å²) < 4.78 is 0. The number of nitrogens with two attached hydrogens (primary N) is 1. The first-order valence-corrected chi connectivity index (χ1v) is 5.10. The lowest BCUT2D eigenvalue weighted by atomic mass is 10.1. The molecule has 2 amide bonds. The molecule has 0 atom stereocenters. The van der Waals surface area contributed by atoms with Crippen LogP contribution in [0.15, 0.2) is 34.3 Å². The summed E-state index contributed by atoms with van der Waals surface area (Å²) in [5.41, 5.74) is 9.11. The van der Waals surface area contributed by atoms with Crippen molar-refractivity contribution in [3.8, 4) is 0 Å². The standard InChI is InChI=1S/C9H9N3OS/c10-9(13)12-11-7-5-14-8-4-2-1-3-6(7)8/h1-4H,5H2,(H3,10,12,13)/b11-7-. The molecule has 0 radical (unpaired) electrons. The summed E-state index contributed by atoms with van der Waals surface area (Å²) in [6.07, 6.45) is 0. The van der Waals surface area contributed by atoms with E-state index in [-0.39, 0.29) is 0 Å². The Morgan fingerprint density at radius 3 is 3.07 bits per heavy atom. The van der Waals surface area contributed by atoms with Crippen molar-refractivity contribution >= 4 is 23.5 Å². The highest BCUT2D eigenvalue weighted by atomic mass is 32.2. The van der Waals surface area contributed by atoms with E-state index >= 15 is 0 Å². The van der Waals surface area contributed by atoms with E-state index in [1.807, 2.05) is 24.3 Å². The predicted octanol–water partition coefficient (Wildman–Crippen LogP) is 1.16. The van der Waals surface area contributed by atoms with Gasteiger partial charge in [-0.25, -0.2) is 10.2 Å². The number of carbonyl (C=O) groups is 1. The monoisotopic (exact) mass is 207 g/mol. The number of nitrogens with one attached hydrogen (secondary N) is 1. The molecular weight excluding hydrogens is 198 g/mol. The minimum absolute atomic E-state index is 0.633. The van der Waals surface area contributed by atoms with Crippen molar-refractivity contribution in [1.82, 2.24) is 5.43 Å². The highest BCUT2D eigenvalue weighted by molar-refractivity contribution is 8.00.